The van der Waals surface area contributed by atoms with E-state index in [0.29, 0.717) is 42.9 Å². The number of nitrogens with one attached hydrogen (secondary N) is 1. The number of sulfonamides is 1. The van der Waals surface area contributed by atoms with Crippen LogP contribution < -0.4 is 9.62 Å². The predicted octanol–water partition coefficient (Wildman–Crippen LogP) is 1.84. The van der Waals surface area contributed by atoms with Crippen molar-refractivity contribution < 1.29 is 23.1 Å². The van der Waals surface area contributed by atoms with Crippen LogP contribution >= 0.6 is 0 Å². The van der Waals surface area contributed by atoms with Crippen LogP contribution in [0.15, 0.2) is 67.0 Å². The number of aromatic nitrogens is 1. The summed E-state index contributed by atoms with van der Waals surface area (Å²) in [5, 5.41) is 9.56. The molecule has 2 heterocycles. The summed E-state index contributed by atoms with van der Waals surface area (Å²) in [6, 6.07) is 15.0. The zero-order chi connectivity index (χ0) is 25.7. The minimum atomic E-state index is -3.63. The summed E-state index contributed by atoms with van der Waals surface area (Å²) < 4.78 is 24.4. The van der Waals surface area contributed by atoms with E-state index in [1.54, 1.807) is 65.7 Å². The first kappa shape index (κ1) is 24.8. The number of aromatic hydroxyl groups is 1. The van der Waals surface area contributed by atoms with E-state index < -0.39 is 15.9 Å². The Hall–Kier alpha value is -4.36. The summed E-state index contributed by atoms with van der Waals surface area (Å²) in [7, 11) is -3.63. The van der Waals surface area contributed by atoms with Crippen molar-refractivity contribution in [1.29, 1.82) is 0 Å². The average Bonchev–Trinajstić information content (AvgIpc) is 2.86. The molecule has 9 nitrogen and oxygen atoms in total. The van der Waals surface area contributed by atoms with E-state index in [0.717, 1.165) is 11.9 Å². The molecule has 1 aliphatic heterocycles. The lowest BCUT2D eigenvalue weighted by Crippen LogP contribution is -2.48. The van der Waals surface area contributed by atoms with Crippen LogP contribution in [0.2, 0.25) is 0 Å². The first-order valence-corrected chi connectivity index (χ1v) is 13.0. The maximum absolute atomic E-state index is 13.0. The van der Waals surface area contributed by atoms with Crippen molar-refractivity contribution >= 4 is 27.5 Å². The number of anilines is 1. The highest BCUT2D eigenvalue weighted by atomic mass is 32.2. The Morgan fingerprint density at radius 3 is 2.28 bits per heavy atom. The lowest BCUT2D eigenvalue weighted by Gasteiger charge is -2.36. The van der Waals surface area contributed by atoms with E-state index in [1.165, 1.54) is 6.20 Å². The number of rotatable bonds is 4. The second-order valence-electron chi connectivity index (χ2n) is 8.29. The molecule has 0 radical (unpaired) electrons. The van der Waals surface area contributed by atoms with E-state index in [1.807, 2.05) is 4.72 Å². The first-order valence-electron chi connectivity index (χ1n) is 11.1. The number of carbonyl (C=O) groups excluding carboxylic acids is 2. The maximum atomic E-state index is 13.0. The molecule has 10 heteroatoms. The average molecular weight is 505 g/mol. The lowest BCUT2D eigenvalue weighted by atomic mass is 10.1. The van der Waals surface area contributed by atoms with Gasteiger partial charge in [-0.25, -0.2) is 13.1 Å². The van der Waals surface area contributed by atoms with E-state index in [4.69, 9.17) is 0 Å². The van der Waals surface area contributed by atoms with Gasteiger partial charge in [-0.05, 0) is 48.5 Å². The van der Waals surface area contributed by atoms with Gasteiger partial charge in [-0.15, -0.1) is 0 Å². The summed E-state index contributed by atoms with van der Waals surface area (Å²) in [6.45, 7) is 2.22. The van der Waals surface area contributed by atoms with Crippen LogP contribution in [0.5, 0.6) is 5.75 Å². The molecule has 1 fully saturated rings. The molecule has 2 amide bonds. The van der Waals surface area contributed by atoms with Gasteiger partial charge in [0, 0.05) is 61.0 Å². The zero-order valence-corrected chi connectivity index (χ0v) is 20.3. The van der Waals surface area contributed by atoms with Gasteiger partial charge in [0.2, 0.25) is 10.0 Å². The highest BCUT2D eigenvalue weighted by Gasteiger charge is 2.23. The summed E-state index contributed by atoms with van der Waals surface area (Å²) in [5.41, 5.74) is 2.84. The van der Waals surface area contributed by atoms with Crippen LogP contribution in [-0.4, -0.2) is 67.7 Å². The number of amides is 2. The molecule has 0 bridgehead atoms. The number of pyridine rings is 1. The molecular weight excluding hydrogens is 480 g/mol. The molecule has 0 saturated carbocycles. The van der Waals surface area contributed by atoms with Crippen LogP contribution in [0, 0.1) is 11.8 Å². The number of phenolic OH excluding ortho intramolecular Hbond substituents is 1. The van der Waals surface area contributed by atoms with Crippen molar-refractivity contribution in [3.05, 3.63) is 89.2 Å². The molecule has 4 rings (SSSR count). The topological polar surface area (TPSA) is 120 Å². The van der Waals surface area contributed by atoms with Gasteiger partial charge < -0.3 is 14.9 Å². The zero-order valence-electron chi connectivity index (χ0n) is 19.5. The number of nitrogens with zero attached hydrogens (tertiary/aromatic N) is 3. The predicted molar refractivity (Wildman–Crippen MR) is 135 cm³/mol. The molecule has 0 aliphatic carbocycles. The Kier molecular flexibility index (Phi) is 7.22. The molecule has 2 N–H and O–H groups in total. The molecule has 0 atom stereocenters. The Balaban J connectivity index is 1.37. The highest BCUT2D eigenvalue weighted by molar-refractivity contribution is 7.89. The van der Waals surface area contributed by atoms with Crippen LogP contribution in [0.1, 0.15) is 31.8 Å². The van der Waals surface area contributed by atoms with Crippen molar-refractivity contribution in [2.45, 2.75) is 0 Å². The SMILES string of the molecule is CS(=O)(=O)NC(=O)c1ccc(N2CCN(C(=O)c3cncc(C#Cc4cccc(O)c4)c3)CC2)cc1. The molecule has 184 valence electrons. The minimum absolute atomic E-state index is 0.129. The quantitative estimate of drug-likeness (QED) is 0.520. The van der Waals surface area contributed by atoms with Crippen LogP contribution in [0.25, 0.3) is 0 Å². The molecule has 2 aromatic carbocycles. The molecule has 1 saturated heterocycles. The molecule has 36 heavy (non-hydrogen) atoms. The number of carbonyl (C=O) groups is 2. The Bertz CT molecular complexity index is 1450. The van der Waals surface area contributed by atoms with Crippen LogP contribution in [0.3, 0.4) is 0 Å². The Morgan fingerprint density at radius 1 is 0.917 bits per heavy atom. The van der Waals surface area contributed by atoms with Gasteiger partial charge in [0.15, 0.2) is 0 Å². The monoisotopic (exact) mass is 504 g/mol. The molecule has 3 aromatic rings. The van der Waals surface area contributed by atoms with E-state index in [2.05, 4.69) is 21.7 Å². The normalized spacial score (nSPS) is 13.5. The van der Waals surface area contributed by atoms with Gasteiger partial charge >= 0.3 is 0 Å². The third-order valence-corrected chi connectivity index (χ3v) is 6.08. The van der Waals surface area contributed by atoms with Gasteiger partial charge in [0.05, 0.1) is 11.8 Å². The standard InChI is InChI=1S/C26H24N4O5S/c1-36(34,35)28-25(32)21-7-9-23(10-8-21)29-11-13-30(14-12-29)26(33)22-15-20(17-27-18-22)6-5-19-3-2-4-24(31)16-19/h2-4,7-10,15-18,31H,11-14H2,1H3,(H,28,32). The summed E-state index contributed by atoms with van der Waals surface area (Å²) in [6.07, 6.45) is 4.04. The first-order chi connectivity index (χ1) is 17.2. The molecule has 1 aromatic heterocycles. The minimum Gasteiger partial charge on any atom is -0.508 e. The summed E-state index contributed by atoms with van der Waals surface area (Å²) in [5.74, 6) is 5.26. The third-order valence-electron chi connectivity index (χ3n) is 5.52. The fourth-order valence-electron chi connectivity index (χ4n) is 3.75. The number of benzene rings is 2. The second kappa shape index (κ2) is 10.5. The van der Waals surface area contributed by atoms with Crippen molar-refractivity contribution in [3.63, 3.8) is 0 Å². The van der Waals surface area contributed by atoms with Gasteiger partial charge in [-0.2, -0.15) is 0 Å². The second-order valence-corrected chi connectivity index (χ2v) is 10.0. The Labute approximate surface area is 209 Å². The van der Waals surface area contributed by atoms with E-state index in [9.17, 15) is 23.1 Å². The smallest absolute Gasteiger partial charge is 0.264 e. The van der Waals surface area contributed by atoms with Gasteiger partial charge in [0.25, 0.3) is 11.8 Å². The van der Waals surface area contributed by atoms with Crippen molar-refractivity contribution in [1.82, 2.24) is 14.6 Å². The van der Waals surface area contributed by atoms with Crippen molar-refractivity contribution in [3.8, 4) is 17.6 Å². The van der Waals surface area contributed by atoms with Crippen molar-refractivity contribution in [2.75, 3.05) is 37.3 Å². The number of hydrogen-bond acceptors (Lipinski definition) is 7. The number of phenols is 1. The van der Waals surface area contributed by atoms with E-state index in [-0.39, 0.29) is 17.2 Å². The molecule has 0 unspecified atom stereocenters. The number of piperazine rings is 1. The van der Waals surface area contributed by atoms with Crippen LogP contribution in [-0.2, 0) is 10.0 Å². The van der Waals surface area contributed by atoms with Gasteiger partial charge in [-0.3, -0.25) is 14.6 Å². The fourth-order valence-corrected chi connectivity index (χ4v) is 4.21. The summed E-state index contributed by atoms with van der Waals surface area (Å²) >= 11 is 0. The highest BCUT2D eigenvalue weighted by Crippen LogP contribution is 2.19. The van der Waals surface area contributed by atoms with E-state index >= 15 is 0 Å². The van der Waals surface area contributed by atoms with Crippen molar-refractivity contribution in [2.24, 2.45) is 0 Å². The third kappa shape index (κ3) is 6.40. The summed E-state index contributed by atoms with van der Waals surface area (Å²) in [4.78, 5) is 33.0. The lowest BCUT2D eigenvalue weighted by molar-refractivity contribution is 0.0746. The molecule has 0 spiro atoms. The van der Waals surface area contributed by atoms with Gasteiger partial charge in [-0.1, -0.05) is 17.9 Å². The molecular formula is C26H24N4O5S. The maximum Gasteiger partial charge on any atom is 0.264 e. The van der Waals surface area contributed by atoms with Gasteiger partial charge in [0.1, 0.15) is 5.75 Å². The largest absolute Gasteiger partial charge is 0.508 e. The number of hydrogen-bond donors (Lipinski definition) is 2. The molecule has 1 aliphatic rings. The fraction of sp³-hybridized carbons (Fsp3) is 0.192. The Morgan fingerprint density at radius 2 is 1.61 bits per heavy atom. The van der Waals surface area contributed by atoms with Crippen LogP contribution in [0.4, 0.5) is 5.69 Å².